The van der Waals surface area contributed by atoms with Crippen molar-refractivity contribution in [1.82, 2.24) is 20.1 Å². The average molecular weight is 334 g/mol. The Morgan fingerprint density at radius 3 is 2.76 bits per heavy atom. The summed E-state index contributed by atoms with van der Waals surface area (Å²) in [5.41, 5.74) is 2.13. The molecule has 5 nitrogen and oxygen atoms in total. The summed E-state index contributed by atoms with van der Waals surface area (Å²) < 4.78 is 5.92. The second kappa shape index (κ2) is 7.57. The van der Waals surface area contributed by atoms with Crippen molar-refractivity contribution >= 4 is 0 Å². The Bertz CT molecular complexity index is 788. The molecule has 3 heterocycles. The van der Waals surface area contributed by atoms with Crippen LogP contribution in [0.25, 0.3) is 11.6 Å². The maximum absolute atomic E-state index is 5.92. The molecule has 0 aliphatic carbocycles. The summed E-state index contributed by atoms with van der Waals surface area (Å²) in [4.78, 5) is 6.75. The van der Waals surface area contributed by atoms with Crippen LogP contribution in [0.3, 0.4) is 0 Å². The molecular formula is C20H22N4O. The smallest absolute Gasteiger partial charge is 0.266 e. The first kappa shape index (κ1) is 16.0. The number of aryl methyl sites for hydroxylation is 1. The molecule has 3 aromatic rings. The number of pyridine rings is 1. The van der Waals surface area contributed by atoms with Gasteiger partial charge < -0.3 is 4.42 Å². The normalized spacial score (nSPS) is 17.8. The van der Waals surface area contributed by atoms with Crippen LogP contribution in [0.1, 0.15) is 36.8 Å². The van der Waals surface area contributed by atoms with E-state index >= 15 is 0 Å². The zero-order valence-electron chi connectivity index (χ0n) is 14.2. The molecule has 0 saturated carbocycles. The van der Waals surface area contributed by atoms with Gasteiger partial charge in [0.25, 0.3) is 5.89 Å². The topological polar surface area (TPSA) is 55.1 Å². The molecular weight excluding hydrogens is 312 g/mol. The van der Waals surface area contributed by atoms with Crippen LogP contribution in [0.4, 0.5) is 0 Å². The van der Waals surface area contributed by atoms with E-state index in [1.807, 2.05) is 18.2 Å². The van der Waals surface area contributed by atoms with Gasteiger partial charge in [-0.1, -0.05) is 36.4 Å². The standard InChI is InChI=1S/C20H22N4O/c1-2-8-16(9-3-1)10-6-14-24-15-7-12-18(24)20-23-22-19(25-20)17-11-4-5-13-21-17/h1-5,8-9,11,13,18H,6-7,10,12,14-15H2. The van der Waals surface area contributed by atoms with Gasteiger partial charge in [-0.15, -0.1) is 10.2 Å². The van der Waals surface area contributed by atoms with Crippen molar-refractivity contribution in [3.8, 4) is 11.6 Å². The first-order valence-corrected chi connectivity index (χ1v) is 8.93. The van der Waals surface area contributed by atoms with Gasteiger partial charge in [-0.2, -0.15) is 0 Å². The first-order chi connectivity index (χ1) is 12.4. The molecule has 128 valence electrons. The van der Waals surface area contributed by atoms with Gasteiger partial charge in [-0.3, -0.25) is 9.88 Å². The van der Waals surface area contributed by atoms with Crippen LogP contribution in [0.5, 0.6) is 0 Å². The Morgan fingerprint density at radius 2 is 1.92 bits per heavy atom. The molecule has 1 unspecified atom stereocenters. The molecule has 25 heavy (non-hydrogen) atoms. The minimum Gasteiger partial charge on any atom is -0.418 e. The Balaban J connectivity index is 1.39. The molecule has 4 rings (SSSR count). The van der Waals surface area contributed by atoms with Crippen LogP contribution in [0.15, 0.2) is 59.1 Å². The summed E-state index contributed by atoms with van der Waals surface area (Å²) in [6, 6.07) is 16.6. The molecule has 0 radical (unpaired) electrons. The molecule has 1 saturated heterocycles. The third-order valence-electron chi connectivity index (χ3n) is 4.73. The SMILES string of the molecule is c1ccc(CCCN2CCCC2c2nnc(-c3ccccn3)o2)cc1. The molecule has 1 fully saturated rings. The van der Waals surface area contributed by atoms with E-state index in [9.17, 15) is 0 Å². The summed E-state index contributed by atoms with van der Waals surface area (Å²) in [6.07, 6.45) is 6.24. The van der Waals surface area contributed by atoms with E-state index in [2.05, 4.69) is 50.4 Å². The number of hydrogen-bond acceptors (Lipinski definition) is 5. The lowest BCUT2D eigenvalue weighted by Gasteiger charge is -2.21. The fourth-order valence-electron chi connectivity index (χ4n) is 3.47. The Labute approximate surface area is 147 Å². The van der Waals surface area contributed by atoms with Crippen molar-refractivity contribution in [1.29, 1.82) is 0 Å². The molecule has 0 spiro atoms. The van der Waals surface area contributed by atoms with Crippen molar-refractivity contribution in [3.05, 3.63) is 66.2 Å². The number of hydrogen-bond donors (Lipinski definition) is 0. The molecule has 0 bridgehead atoms. The van der Waals surface area contributed by atoms with Gasteiger partial charge in [0, 0.05) is 6.20 Å². The summed E-state index contributed by atoms with van der Waals surface area (Å²) >= 11 is 0. The number of likely N-dealkylation sites (tertiary alicyclic amines) is 1. The molecule has 1 atom stereocenters. The lowest BCUT2D eigenvalue weighted by Crippen LogP contribution is -2.25. The van der Waals surface area contributed by atoms with Gasteiger partial charge in [-0.05, 0) is 56.5 Å². The fourth-order valence-corrected chi connectivity index (χ4v) is 3.47. The van der Waals surface area contributed by atoms with Gasteiger partial charge in [0.2, 0.25) is 5.89 Å². The largest absolute Gasteiger partial charge is 0.418 e. The predicted octanol–water partition coefficient (Wildman–Crippen LogP) is 3.90. The molecule has 0 amide bonds. The second-order valence-corrected chi connectivity index (χ2v) is 6.44. The van der Waals surface area contributed by atoms with Crippen molar-refractivity contribution < 1.29 is 4.42 Å². The van der Waals surface area contributed by atoms with Crippen LogP contribution in [0.2, 0.25) is 0 Å². The quantitative estimate of drug-likeness (QED) is 0.684. The molecule has 1 aliphatic heterocycles. The van der Waals surface area contributed by atoms with Gasteiger partial charge in [0.15, 0.2) is 0 Å². The van der Waals surface area contributed by atoms with Gasteiger partial charge in [0.1, 0.15) is 5.69 Å². The summed E-state index contributed by atoms with van der Waals surface area (Å²) in [6.45, 7) is 2.15. The van der Waals surface area contributed by atoms with E-state index in [-0.39, 0.29) is 6.04 Å². The van der Waals surface area contributed by atoms with Crippen molar-refractivity contribution in [2.75, 3.05) is 13.1 Å². The highest BCUT2D eigenvalue weighted by molar-refractivity contribution is 5.44. The monoisotopic (exact) mass is 334 g/mol. The predicted molar refractivity (Wildman–Crippen MR) is 95.8 cm³/mol. The summed E-state index contributed by atoms with van der Waals surface area (Å²) in [5, 5.41) is 8.48. The fraction of sp³-hybridized carbons (Fsp3) is 0.350. The summed E-state index contributed by atoms with van der Waals surface area (Å²) in [7, 11) is 0. The number of aromatic nitrogens is 3. The van der Waals surface area contributed by atoms with Gasteiger partial charge >= 0.3 is 0 Å². The number of benzene rings is 1. The first-order valence-electron chi connectivity index (χ1n) is 8.93. The zero-order chi connectivity index (χ0) is 16.9. The zero-order valence-corrected chi connectivity index (χ0v) is 14.2. The second-order valence-electron chi connectivity index (χ2n) is 6.44. The van der Waals surface area contributed by atoms with Crippen molar-refractivity contribution in [2.24, 2.45) is 0 Å². The van der Waals surface area contributed by atoms with Crippen molar-refractivity contribution in [3.63, 3.8) is 0 Å². The lowest BCUT2D eigenvalue weighted by molar-refractivity contribution is 0.221. The van der Waals surface area contributed by atoms with E-state index in [4.69, 9.17) is 4.42 Å². The molecule has 1 aromatic carbocycles. The highest BCUT2D eigenvalue weighted by atomic mass is 16.4. The highest BCUT2D eigenvalue weighted by Crippen LogP contribution is 2.32. The van der Waals surface area contributed by atoms with E-state index in [1.165, 1.54) is 12.0 Å². The number of nitrogens with zero attached hydrogens (tertiary/aromatic N) is 4. The van der Waals surface area contributed by atoms with Gasteiger partial charge in [0.05, 0.1) is 6.04 Å². The number of rotatable bonds is 6. The summed E-state index contributed by atoms with van der Waals surface area (Å²) in [5.74, 6) is 1.23. The maximum Gasteiger partial charge on any atom is 0.266 e. The molecule has 2 aromatic heterocycles. The molecule has 0 N–H and O–H groups in total. The molecule has 5 heteroatoms. The average Bonchev–Trinajstić information content (AvgIpc) is 3.32. The minimum atomic E-state index is 0.237. The van der Waals surface area contributed by atoms with Crippen LogP contribution < -0.4 is 0 Å². The Morgan fingerprint density at radius 1 is 1.04 bits per heavy atom. The Hall–Kier alpha value is -2.53. The molecule has 1 aliphatic rings. The van der Waals surface area contributed by atoms with Crippen LogP contribution in [0, 0.1) is 0 Å². The van der Waals surface area contributed by atoms with E-state index in [1.54, 1.807) is 6.20 Å². The highest BCUT2D eigenvalue weighted by Gasteiger charge is 2.30. The van der Waals surface area contributed by atoms with E-state index < -0.39 is 0 Å². The van der Waals surface area contributed by atoms with Crippen LogP contribution >= 0.6 is 0 Å². The van der Waals surface area contributed by atoms with Gasteiger partial charge in [-0.25, -0.2) is 0 Å². The van der Waals surface area contributed by atoms with E-state index in [0.717, 1.165) is 43.9 Å². The third kappa shape index (κ3) is 3.77. The van der Waals surface area contributed by atoms with Crippen molar-refractivity contribution in [2.45, 2.75) is 31.7 Å². The Kier molecular flexibility index (Phi) is 4.84. The minimum absolute atomic E-state index is 0.237. The lowest BCUT2D eigenvalue weighted by atomic mass is 10.1. The van der Waals surface area contributed by atoms with Crippen LogP contribution in [-0.2, 0) is 6.42 Å². The maximum atomic E-state index is 5.92. The van der Waals surface area contributed by atoms with Crippen LogP contribution in [-0.4, -0.2) is 33.2 Å². The third-order valence-corrected chi connectivity index (χ3v) is 4.73. The van der Waals surface area contributed by atoms with E-state index in [0.29, 0.717) is 5.89 Å².